The molecule has 0 bridgehead atoms. The second kappa shape index (κ2) is 13.2. The Kier molecular flexibility index (Phi) is 11.8. The van der Waals surface area contributed by atoms with Crippen molar-refractivity contribution in [1.82, 2.24) is 16.0 Å². The van der Waals surface area contributed by atoms with Crippen LogP contribution in [0.2, 0.25) is 0 Å². The molecule has 13 heteroatoms. The molecule has 3 amide bonds. The summed E-state index contributed by atoms with van der Waals surface area (Å²) in [6.45, 7) is 4.80. The summed E-state index contributed by atoms with van der Waals surface area (Å²) in [7, 11) is 0. The third-order valence-corrected chi connectivity index (χ3v) is 4.08. The minimum Gasteiger partial charge on any atom is -0.481 e. The van der Waals surface area contributed by atoms with Crippen LogP contribution in [0.15, 0.2) is 0 Å². The molecule has 0 heterocycles. The summed E-state index contributed by atoms with van der Waals surface area (Å²) in [5.41, 5.74) is 5.73. The van der Waals surface area contributed by atoms with Crippen molar-refractivity contribution >= 4 is 35.6 Å². The highest BCUT2D eigenvalue weighted by molar-refractivity contribution is 5.95. The minimum absolute atomic E-state index is 0.0628. The fourth-order valence-electron chi connectivity index (χ4n) is 2.46. The molecular formula is C18H30N4O9. The van der Waals surface area contributed by atoms with E-state index in [-0.39, 0.29) is 18.8 Å². The Labute approximate surface area is 178 Å². The molecule has 0 aromatic heterocycles. The predicted molar refractivity (Wildman–Crippen MR) is 106 cm³/mol. The van der Waals surface area contributed by atoms with Crippen molar-refractivity contribution in [3.8, 4) is 0 Å². The van der Waals surface area contributed by atoms with Gasteiger partial charge in [-0.3, -0.25) is 28.8 Å². The van der Waals surface area contributed by atoms with Crippen molar-refractivity contribution < 1.29 is 44.1 Å². The number of amides is 3. The summed E-state index contributed by atoms with van der Waals surface area (Å²) in [5, 5.41) is 33.3. The topological polar surface area (TPSA) is 225 Å². The van der Waals surface area contributed by atoms with E-state index in [4.69, 9.17) is 21.1 Å². The standard InChI is InChI=1S/C18H30N4O9/c1-8(2)6-10(19)15(27)22-12(7-14(25)26)17(29)21-11(4-5-13(23)24)16(28)20-9(3)18(30)31/h8-12H,4-7,19H2,1-3H3,(H,20,28)(H,21,29)(H,22,27)(H,23,24)(H,25,26)(H,30,31). The van der Waals surface area contributed by atoms with E-state index in [1.807, 2.05) is 13.8 Å². The zero-order valence-corrected chi connectivity index (χ0v) is 17.6. The lowest BCUT2D eigenvalue weighted by Crippen LogP contribution is -2.57. The number of aliphatic carboxylic acids is 3. The molecule has 0 rings (SSSR count). The van der Waals surface area contributed by atoms with Gasteiger partial charge in [-0.1, -0.05) is 13.8 Å². The maximum absolute atomic E-state index is 12.6. The lowest BCUT2D eigenvalue weighted by Gasteiger charge is -2.24. The van der Waals surface area contributed by atoms with Crippen molar-refractivity contribution in [2.75, 3.05) is 0 Å². The van der Waals surface area contributed by atoms with Crippen LogP contribution in [0.3, 0.4) is 0 Å². The van der Waals surface area contributed by atoms with Crippen LogP contribution in [-0.2, 0) is 28.8 Å². The Bertz CT molecular complexity index is 696. The molecule has 0 saturated carbocycles. The molecule has 8 N–H and O–H groups in total. The van der Waals surface area contributed by atoms with Gasteiger partial charge in [-0.2, -0.15) is 0 Å². The van der Waals surface area contributed by atoms with Gasteiger partial charge in [0.05, 0.1) is 12.5 Å². The van der Waals surface area contributed by atoms with Crippen LogP contribution >= 0.6 is 0 Å². The van der Waals surface area contributed by atoms with Crippen LogP contribution in [0.25, 0.3) is 0 Å². The number of hydrogen-bond donors (Lipinski definition) is 7. The number of carboxylic acids is 3. The number of hydrogen-bond acceptors (Lipinski definition) is 7. The number of rotatable bonds is 14. The Morgan fingerprint density at radius 1 is 0.774 bits per heavy atom. The quantitative estimate of drug-likeness (QED) is 0.159. The first-order chi connectivity index (χ1) is 14.2. The van der Waals surface area contributed by atoms with Crippen molar-refractivity contribution in [1.29, 1.82) is 0 Å². The van der Waals surface area contributed by atoms with Crippen molar-refractivity contribution in [3.63, 3.8) is 0 Å². The highest BCUT2D eigenvalue weighted by Gasteiger charge is 2.31. The van der Waals surface area contributed by atoms with Gasteiger partial charge in [0.1, 0.15) is 18.1 Å². The predicted octanol–water partition coefficient (Wildman–Crippen LogP) is -1.74. The first-order valence-electron chi connectivity index (χ1n) is 9.57. The van der Waals surface area contributed by atoms with Crippen LogP contribution in [-0.4, -0.2) is 75.1 Å². The molecule has 0 aliphatic rings. The van der Waals surface area contributed by atoms with E-state index in [0.717, 1.165) is 0 Å². The third kappa shape index (κ3) is 11.5. The smallest absolute Gasteiger partial charge is 0.325 e. The molecule has 0 radical (unpaired) electrons. The molecule has 0 aliphatic heterocycles. The Hall–Kier alpha value is -3.22. The van der Waals surface area contributed by atoms with Crippen molar-refractivity contribution in [2.24, 2.45) is 11.7 Å². The first-order valence-corrected chi connectivity index (χ1v) is 9.57. The summed E-state index contributed by atoms with van der Waals surface area (Å²) in [4.78, 5) is 69.9. The number of nitrogens with two attached hydrogens (primary N) is 1. The maximum Gasteiger partial charge on any atom is 0.325 e. The molecule has 0 saturated heterocycles. The zero-order chi connectivity index (χ0) is 24.3. The molecule has 176 valence electrons. The number of nitrogens with one attached hydrogen (secondary N) is 3. The zero-order valence-electron chi connectivity index (χ0n) is 17.6. The summed E-state index contributed by atoms with van der Waals surface area (Å²) in [6, 6.07) is -5.37. The van der Waals surface area contributed by atoms with E-state index in [1.54, 1.807) is 0 Å². The van der Waals surface area contributed by atoms with Gasteiger partial charge < -0.3 is 37.0 Å². The number of carbonyl (C=O) groups is 6. The van der Waals surface area contributed by atoms with E-state index < -0.39 is 72.6 Å². The fraction of sp³-hybridized carbons (Fsp3) is 0.667. The van der Waals surface area contributed by atoms with E-state index >= 15 is 0 Å². The summed E-state index contributed by atoms with van der Waals surface area (Å²) in [6.07, 6.45) is -1.45. The second-order valence-corrected chi connectivity index (χ2v) is 7.46. The monoisotopic (exact) mass is 446 g/mol. The average molecular weight is 446 g/mol. The Balaban J connectivity index is 5.42. The maximum atomic E-state index is 12.6. The van der Waals surface area contributed by atoms with E-state index in [2.05, 4.69) is 16.0 Å². The lowest BCUT2D eigenvalue weighted by molar-refractivity contribution is -0.143. The van der Waals surface area contributed by atoms with Gasteiger partial charge in [0.25, 0.3) is 0 Å². The highest BCUT2D eigenvalue weighted by atomic mass is 16.4. The lowest BCUT2D eigenvalue weighted by atomic mass is 10.0. The Morgan fingerprint density at radius 2 is 1.29 bits per heavy atom. The molecule has 4 atom stereocenters. The van der Waals surface area contributed by atoms with Gasteiger partial charge >= 0.3 is 17.9 Å². The summed E-state index contributed by atoms with van der Waals surface area (Å²) < 4.78 is 0. The van der Waals surface area contributed by atoms with E-state index in [9.17, 15) is 28.8 Å². The molecule has 0 aromatic rings. The van der Waals surface area contributed by atoms with Gasteiger partial charge in [-0.05, 0) is 25.7 Å². The van der Waals surface area contributed by atoms with Crippen molar-refractivity contribution in [2.45, 2.75) is 70.6 Å². The summed E-state index contributed by atoms with van der Waals surface area (Å²) >= 11 is 0. The highest BCUT2D eigenvalue weighted by Crippen LogP contribution is 2.05. The summed E-state index contributed by atoms with van der Waals surface area (Å²) in [5.74, 6) is -6.76. The van der Waals surface area contributed by atoms with Gasteiger partial charge in [-0.15, -0.1) is 0 Å². The van der Waals surface area contributed by atoms with Gasteiger partial charge in [0, 0.05) is 6.42 Å². The average Bonchev–Trinajstić information content (AvgIpc) is 2.62. The van der Waals surface area contributed by atoms with Crippen LogP contribution in [0.1, 0.15) is 46.5 Å². The SMILES string of the molecule is CC(C)CC(N)C(=O)NC(CC(=O)O)C(=O)NC(CCC(=O)O)C(=O)NC(C)C(=O)O. The van der Waals surface area contributed by atoms with E-state index in [0.29, 0.717) is 0 Å². The molecule has 13 nitrogen and oxygen atoms in total. The third-order valence-electron chi connectivity index (χ3n) is 4.08. The minimum atomic E-state index is -1.58. The molecule has 0 fully saturated rings. The van der Waals surface area contributed by atoms with E-state index in [1.165, 1.54) is 6.92 Å². The molecule has 0 aliphatic carbocycles. The molecule has 31 heavy (non-hydrogen) atoms. The van der Waals surface area contributed by atoms with Crippen LogP contribution in [0.4, 0.5) is 0 Å². The largest absolute Gasteiger partial charge is 0.481 e. The normalized spacial score (nSPS) is 14.6. The Morgan fingerprint density at radius 3 is 1.74 bits per heavy atom. The van der Waals surface area contributed by atoms with Crippen LogP contribution in [0, 0.1) is 5.92 Å². The van der Waals surface area contributed by atoms with Crippen molar-refractivity contribution in [3.05, 3.63) is 0 Å². The number of carboxylic acid groups (broad SMARTS) is 3. The van der Waals surface area contributed by atoms with Gasteiger partial charge in [-0.25, -0.2) is 0 Å². The second-order valence-electron chi connectivity index (χ2n) is 7.46. The van der Waals surface area contributed by atoms with Gasteiger partial charge in [0.2, 0.25) is 17.7 Å². The molecular weight excluding hydrogens is 416 g/mol. The first kappa shape index (κ1) is 27.8. The fourth-order valence-corrected chi connectivity index (χ4v) is 2.46. The molecule has 0 aromatic carbocycles. The van der Waals surface area contributed by atoms with Crippen LogP contribution in [0.5, 0.6) is 0 Å². The van der Waals surface area contributed by atoms with Gasteiger partial charge in [0.15, 0.2) is 0 Å². The van der Waals surface area contributed by atoms with Crippen LogP contribution < -0.4 is 21.7 Å². The molecule has 0 spiro atoms. The number of carbonyl (C=O) groups excluding carboxylic acids is 3. The molecule has 4 unspecified atom stereocenters.